The topological polar surface area (TPSA) is 93.5 Å². The molecule has 0 saturated heterocycles. The Morgan fingerprint density at radius 2 is 2.11 bits per heavy atom. The first kappa shape index (κ1) is 13.0. The summed E-state index contributed by atoms with van der Waals surface area (Å²) in [4.78, 5) is 22.5. The fourth-order valence-corrected chi connectivity index (χ4v) is 1.82. The van der Waals surface area contributed by atoms with Crippen LogP contribution in [0.4, 0.5) is 8.78 Å². The molecular weight excluding hydrogens is 260 g/mol. The SMILES string of the molecule is Cc1c(CC(N)=O)c(=O)oc2c(F)c(O)c(F)cc12. The van der Waals surface area contributed by atoms with Crippen LogP contribution in [0.1, 0.15) is 11.1 Å². The van der Waals surface area contributed by atoms with Crippen LogP contribution in [0.2, 0.25) is 0 Å². The molecule has 0 spiro atoms. The fourth-order valence-electron chi connectivity index (χ4n) is 1.82. The Kier molecular flexibility index (Phi) is 2.97. The molecular formula is C12H9F2NO4. The number of rotatable bonds is 2. The third-order valence-electron chi connectivity index (χ3n) is 2.80. The smallest absolute Gasteiger partial charge is 0.340 e. The minimum absolute atomic E-state index is 0.0383. The lowest BCUT2D eigenvalue weighted by molar-refractivity contribution is -0.117. The minimum atomic E-state index is -1.36. The molecule has 1 aromatic carbocycles. The summed E-state index contributed by atoms with van der Waals surface area (Å²) >= 11 is 0. The van der Waals surface area contributed by atoms with Crippen LogP contribution in [-0.2, 0) is 11.2 Å². The van der Waals surface area contributed by atoms with Crippen LogP contribution in [0.3, 0.4) is 0 Å². The van der Waals surface area contributed by atoms with Gasteiger partial charge in [-0.15, -0.1) is 0 Å². The Bertz CT molecular complexity index is 752. The summed E-state index contributed by atoms with van der Waals surface area (Å²) in [6.45, 7) is 1.41. The van der Waals surface area contributed by atoms with E-state index in [1.807, 2.05) is 0 Å². The van der Waals surface area contributed by atoms with Gasteiger partial charge in [-0.25, -0.2) is 9.18 Å². The lowest BCUT2D eigenvalue weighted by atomic mass is 10.0. The van der Waals surface area contributed by atoms with Gasteiger partial charge >= 0.3 is 5.63 Å². The monoisotopic (exact) mass is 269 g/mol. The summed E-state index contributed by atoms with van der Waals surface area (Å²) in [6.07, 6.45) is -0.395. The number of phenols is 1. The number of phenolic OH excluding ortho intramolecular Hbond substituents is 1. The maximum Gasteiger partial charge on any atom is 0.340 e. The van der Waals surface area contributed by atoms with Gasteiger partial charge in [0, 0.05) is 5.39 Å². The number of nitrogens with two attached hydrogens (primary N) is 1. The molecule has 0 saturated carbocycles. The number of carbonyl (C=O) groups excluding carboxylic acids is 1. The number of fused-ring (bicyclic) bond motifs is 1. The van der Waals surface area contributed by atoms with E-state index in [1.165, 1.54) is 6.92 Å². The van der Waals surface area contributed by atoms with Crippen molar-refractivity contribution in [3.63, 3.8) is 0 Å². The van der Waals surface area contributed by atoms with Gasteiger partial charge < -0.3 is 15.3 Å². The van der Waals surface area contributed by atoms with Gasteiger partial charge in [-0.2, -0.15) is 4.39 Å². The van der Waals surface area contributed by atoms with Crippen molar-refractivity contribution in [3.8, 4) is 5.75 Å². The van der Waals surface area contributed by atoms with Crippen molar-refractivity contribution >= 4 is 16.9 Å². The molecule has 1 amide bonds. The second kappa shape index (κ2) is 4.34. The Morgan fingerprint density at radius 1 is 1.47 bits per heavy atom. The third kappa shape index (κ3) is 2.03. The molecule has 1 aromatic heterocycles. The highest BCUT2D eigenvalue weighted by Crippen LogP contribution is 2.30. The van der Waals surface area contributed by atoms with Crippen LogP contribution in [-0.4, -0.2) is 11.0 Å². The van der Waals surface area contributed by atoms with Gasteiger partial charge in [0.15, 0.2) is 17.1 Å². The average Bonchev–Trinajstić information content (AvgIpc) is 2.33. The van der Waals surface area contributed by atoms with Crippen molar-refractivity contribution in [3.05, 3.63) is 39.2 Å². The maximum atomic E-state index is 13.6. The predicted octanol–water partition coefficient (Wildman–Crippen LogP) is 1.11. The summed E-state index contributed by atoms with van der Waals surface area (Å²) in [7, 11) is 0. The van der Waals surface area contributed by atoms with E-state index in [4.69, 9.17) is 10.8 Å². The molecule has 19 heavy (non-hydrogen) atoms. The summed E-state index contributed by atoms with van der Waals surface area (Å²) in [5.41, 5.74) is 3.59. The molecule has 7 heteroatoms. The first-order chi connectivity index (χ1) is 8.82. The van der Waals surface area contributed by atoms with Crippen LogP contribution >= 0.6 is 0 Å². The number of hydrogen-bond donors (Lipinski definition) is 2. The fraction of sp³-hybridized carbons (Fsp3) is 0.167. The number of amides is 1. The van der Waals surface area contributed by atoms with Crippen molar-refractivity contribution < 1.29 is 23.1 Å². The zero-order chi connectivity index (χ0) is 14.3. The normalized spacial score (nSPS) is 10.9. The lowest BCUT2D eigenvalue weighted by Crippen LogP contribution is -2.20. The van der Waals surface area contributed by atoms with E-state index >= 15 is 0 Å². The molecule has 1 heterocycles. The number of benzene rings is 1. The van der Waals surface area contributed by atoms with Gasteiger partial charge in [0.2, 0.25) is 11.7 Å². The highest BCUT2D eigenvalue weighted by molar-refractivity contribution is 5.85. The average molecular weight is 269 g/mol. The summed E-state index contributed by atoms with van der Waals surface area (Å²) in [5, 5.41) is 9.08. The molecule has 0 aliphatic heterocycles. The molecule has 100 valence electrons. The summed E-state index contributed by atoms with van der Waals surface area (Å²) in [5.74, 6) is -4.54. The third-order valence-corrected chi connectivity index (χ3v) is 2.80. The van der Waals surface area contributed by atoms with Gasteiger partial charge in [-0.1, -0.05) is 0 Å². The summed E-state index contributed by atoms with van der Waals surface area (Å²) in [6, 6.07) is 0.830. The predicted molar refractivity (Wildman–Crippen MR) is 61.7 cm³/mol. The van der Waals surface area contributed by atoms with Crippen molar-refractivity contribution in [1.29, 1.82) is 0 Å². The molecule has 0 bridgehead atoms. The second-order valence-electron chi connectivity index (χ2n) is 4.03. The molecule has 2 aromatic rings. The molecule has 0 unspecified atom stereocenters. The van der Waals surface area contributed by atoms with Gasteiger partial charge in [-0.05, 0) is 18.6 Å². The van der Waals surface area contributed by atoms with Crippen LogP contribution in [0.5, 0.6) is 5.75 Å². The second-order valence-corrected chi connectivity index (χ2v) is 4.03. The number of hydrogen-bond acceptors (Lipinski definition) is 4. The number of primary amides is 1. The largest absolute Gasteiger partial charge is 0.503 e. The number of halogens is 2. The van der Waals surface area contributed by atoms with E-state index in [0.29, 0.717) is 0 Å². The molecule has 0 aliphatic carbocycles. The van der Waals surface area contributed by atoms with Gasteiger partial charge in [0.05, 0.1) is 12.0 Å². The minimum Gasteiger partial charge on any atom is -0.503 e. The number of aryl methyl sites for hydroxylation is 1. The summed E-state index contributed by atoms with van der Waals surface area (Å²) < 4.78 is 31.6. The molecule has 2 rings (SSSR count). The molecule has 5 nitrogen and oxygen atoms in total. The van der Waals surface area contributed by atoms with Crippen LogP contribution < -0.4 is 11.4 Å². The van der Waals surface area contributed by atoms with E-state index < -0.39 is 40.9 Å². The Labute approximate surface area is 105 Å². The Balaban J connectivity index is 2.89. The molecule has 0 atom stereocenters. The highest BCUT2D eigenvalue weighted by atomic mass is 19.1. The van der Waals surface area contributed by atoms with E-state index in [0.717, 1.165) is 6.07 Å². The van der Waals surface area contributed by atoms with Gasteiger partial charge in [-0.3, -0.25) is 4.79 Å². The lowest BCUT2D eigenvalue weighted by Gasteiger charge is -2.08. The molecule has 0 fully saturated rings. The van der Waals surface area contributed by atoms with E-state index in [1.54, 1.807) is 0 Å². The Morgan fingerprint density at radius 3 is 2.68 bits per heavy atom. The molecule has 3 N–H and O–H groups in total. The van der Waals surface area contributed by atoms with Crippen molar-refractivity contribution in [2.24, 2.45) is 5.73 Å². The van der Waals surface area contributed by atoms with Crippen molar-refractivity contribution in [1.82, 2.24) is 0 Å². The zero-order valence-corrected chi connectivity index (χ0v) is 9.79. The van der Waals surface area contributed by atoms with Gasteiger partial charge in [0.25, 0.3) is 0 Å². The van der Waals surface area contributed by atoms with Crippen LogP contribution in [0, 0.1) is 18.6 Å². The van der Waals surface area contributed by atoms with E-state index in [2.05, 4.69) is 4.42 Å². The van der Waals surface area contributed by atoms with Crippen LogP contribution in [0.15, 0.2) is 15.3 Å². The van der Waals surface area contributed by atoms with Gasteiger partial charge in [0.1, 0.15) is 0 Å². The van der Waals surface area contributed by atoms with Crippen LogP contribution in [0.25, 0.3) is 11.0 Å². The maximum absolute atomic E-state index is 13.6. The first-order valence-electron chi connectivity index (χ1n) is 5.24. The molecule has 0 radical (unpaired) electrons. The zero-order valence-electron chi connectivity index (χ0n) is 9.79. The standard InChI is InChI=1S/C12H9F2NO4/c1-4-5-2-7(13)10(17)9(14)11(5)19-12(18)6(4)3-8(15)16/h2,17H,3H2,1H3,(H2,15,16). The van der Waals surface area contributed by atoms with E-state index in [-0.39, 0.29) is 16.5 Å². The quantitative estimate of drug-likeness (QED) is 0.798. The number of carbonyl (C=O) groups is 1. The van der Waals surface area contributed by atoms with E-state index in [9.17, 15) is 18.4 Å². The Hall–Kier alpha value is -2.44. The van der Waals surface area contributed by atoms with Crippen molar-refractivity contribution in [2.45, 2.75) is 13.3 Å². The van der Waals surface area contributed by atoms with Crippen molar-refractivity contribution in [2.75, 3.05) is 0 Å². The molecule has 0 aliphatic rings. The highest BCUT2D eigenvalue weighted by Gasteiger charge is 2.20. The number of aromatic hydroxyl groups is 1. The first-order valence-corrected chi connectivity index (χ1v) is 5.24.